The van der Waals surface area contributed by atoms with Gasteiger partial charge in [-0.05, 0) is 17.7 Å². The Morgan fingerprint density at radius 1 is 0.758 bits per heavy atom. The second-order valence-corrected chi connectivity index (χ2v) is 8.64. The molecule has 33 heavy (non-hydrogen) atoms. The molecule has 0 aliphatic carbocycles. The average molecular weight is 461 g/mol. The molecule has 5 rings (SSSR count). The molecule has 1 aromatic heterocycles. The first-order valence-corrected chi connectivity index (χ1v) is 11.6. The third kappa shape index (κ3) is 6.15. The summed E-state index contributed by atoms with van der Waals surface area (Å²) in [5.41, 5.74) is 3.72. The van der Waals surface area contributed by atoms with Gasteiger partial charge in [-0.25, -0.2) is 0 Å². The Balaban J connectivity index is 0.00000259. The fraction of sp³-hybridized carbons (Fsp3) is 0.259. The standard InChI is InChI=1S/C27H29N5.ClH/c1-3-9-21(10-4-1)19-28-26-24-13-7-8-14-25(24)30-27(31-26)29-23-15-17-32(18-16-23)20-22-11-5-2-6-12-22;/h1-14,23H,15-20H2,(H2,28,29,30,31);1H/p+1. The van der Waals surface area contributed by atoms with Crippen molar-refractivity contribution in [3.05, 3.63) is 96.1 Å². The molecule has 0 bridgehead atoms. The first-order chi connectivity index (χ1) is 15.8. The van der Waals surface area contributed by atoms with Gasteiger partial charge in [-0.1, -0.05) is 72.8 Å². The zero-order chi connectivity index (χ0) is 21.6. The van der Waals surface area contributed by atoms with Crippen molar-refractivity contribution in [1.82, 2.24) is 14.9 Å². The summed E-state index contributed by atoms with van der Waals surface area (Å²) in [6, 6.07) is 30.2. The third-order valence-corrected chi connectivity index (χ3v) is 6.29. The van der Waals surface area contributed by atoms with Crippen LogP contribution in [0.15, 0.2) is 84.9 Å². The second kappa shape index (κ2) is 11.3. The molecule has 6 heteroatoms. The van der Waals surface area contributed by atoms with Gasteiger partial charge in [0.1, 0.15) is 6.54 Å². The molecule has 1 aliphatic heterocycles. The van der Waals surface area contributed by atoms with E-state index in [-0.39, 0.29) is 12.4 Å². The van der Waals surface area contributed by atoms with Crippen molar-refractivity contribution in [3.8, 4) is 0 Å². The van der Waals surface area contributed by atoms with Crippen LogP contribution in [0.1, 0.15) is 24.0 Å². The summed E-state index contributed by atoms with van der Waals surface area (Å²) in [5.74, 6) is 1.90. The molecule has 1 saturated heterocycles. The van der Waals surface area contributed by atoms with Gasteiger partial charge in [0, 0.05) is 38.0 Å². The van der Waals surface area contributed by atoms with E-state index >= 15 is 0 Å². The molecule has 0 spiro atoms. The lowest BCUT2D eigenvalue weighted by Crippen LogP contribution is -3.00. The van der Waals surface area contributed by atoms with Gasteiger partial charge in [0.05, 0.1) is 16.9 Å². The number of halogens is 1. The summed E-state index contributed by atoms with van der Waals surface area (Å²) in [4.78, 5) is 12.4. The lowest BCUT2D eigenvalue weighted by Gasteiger charge is -2.30. The molecular formula is C27H31ClN5+. The van der Waals surface area contributed by atoms with E-state index in [2.05, 4.69) is 100 Å². The summed E-state index contributed by atoms with van der Waals surface area (Å²) in [6.45, 7) is 4.16. The van der Waals surface area contributed by atoms with Crippen molar-refractivity contribution in [2.75, 3.05) is 13.1 Å². The number of benzene rings is 3. The van der Waals surface area contributed by atoms with Gasteiger partial charge in [0.15, 0.2) is 0 Å². The predicted octanol–water partition coefficient (Wildman–Crippen LogP) is -0.112. The number of aromatic nitrogens is 2. The van der Waals surface area contributed by atoms with Crippen molar-refractivity contribution in [2.45, 2.75) is 32.0 Å². The van der Waals surface area contributed by atoms with E-state index < -0.39 is 0 Å². The number of nitrogens with zero attached hydrogens (tertiary/aromatic N) is 3. The summed E-state index contributed by atoms with van der Waals surface area (Å²) in [6.07, 6.45) is 2.32. The number of para-hydroxylation sites is 1. The minimum absolute atomic E-state index is 0. The molecule has 1 aliphatic rings. The lowest BCUT2D eigenvalue weighted by atomic mass is 10.0. The van der Waals surface area contributed by atoms with Crippen molar-refractivity contribution in [2.24, 2.45) is 0 Å². The SMILES string of the molecule is [Cl-].c1ccc(C[NH2+]c2nc([NH2+]C3CCN(Cc4ccccc4)CC3)nc3ccccc23)cc1. The molecule has 3 aromatic carbocycles. The van der Waals surface area contributed by atoms with Crippen LogP contribution in [0.5, 0.6) is 0 Å². The maximum atomic E-state index is 4.96. The highest BCUT2D eigenvalue weighted by Gasteiger charge is 2.24. The van der Waals surface area contributed by atoms with E-state index in [1.54, 1.807) is 0 Å². The first-order valence-electron chi connectivity index (χ1n) is 11.6. The summed E-state index contributed by atoms with van der Waals surface area (Å²) in [5, 5.41) is 5.66. The van der Waals surface area contributed by atoms with E-state index in [1.807, 2.05) is 0 Å². The van der Waals surface area contributed by atoms with Crippen LogP contribution in [0.3, 0.4) is 0 Å². The molecular weight excluding hydrogens is 430 g/mol. The van der Waals surface area contributed by atoms with E-state index in [0.29, 0.717) is 6.04 Å². The third-order valence-electron chi connectivity index (χ3n) is 6.29. The molecule has 0 saturated carbocycles. The number of nitrogens with two attached hydrogens (primary N) is 2. The number of hydrogen-bond acceptors (Lipinski definition) is 3. The monoisotopic (exact) mass is 460 g/mol. The Morgan fingerprint density at radius 3 is 2.12 bits per heavy atom. The Hall–Kier alpha value is -2.83. The van der Waals surface area contributed by atoms with Gasteiger partial charge in [-0.2, -0.15) is 4.98 Å². The van der Waals surface area contributed by atoms with Crippen LogP contribution in [-0.4, -0.2) is 34.0 Å². The molecule has 4 aromatic rings. The topological polar surface area (TPSA) is 62.2 Å². The van der Waals surface area contributed by atoms with Crippen LogP contribution < -0.4 is 23.0 Å². The normalized spacial score (nSPS) is 14.8. The summed E-state index contributed by atoms with van der Waals surface area (Å²) < 4.78 is 0. The van der Waals surface area contributed by atoms with Crippen molar-refractivity contribution < 1.29 is 23.0 Å². The molecule has 4 N–H and O–H groups in total. The molecule has 2 heterocycles. The molecule has 1 fully saturated rings. The maximum Gasteiger partial charge on any atom is 0.331 e. The Bertz CT molecular complexity index is 1140. The number of rotatable bonds is 7. The predicted molar refractivity (Wildman–Crippen MR) is 128 cm³/mol. The number of piperidine rings is 1. The van der Waals surface area contributed by atoms with Crippen LogP contribution >= 0.6 is 0 Å². The highest BCUT2D eigenvalue weighted by atomic mass is 35.5. The molecule has 170 valence electrons. The number of hydrogen-bond donors (Lipinski definition) is 2. The molecule has 0 unspecified atom stereocenters. The molecule has 5 nitrogen and oxygen atoms in total. The molecule has 0 atom stereocenters. The Morgan fingerprint density at radius 2 is 1.39 bits per heavy atom. The van der Waals surface area contributed by atoms with Crippen molar-refractivity contribution in [1.29, 1.82) is 0 Å². The summed E-state index contributed by atoms with van der Waals surface area (Å²) >= 11 is 0. The summed E-state index contributed by atoms with van der Waals surface area (Å²) in [7, 11) is 0. The van der Waals surface area contributed by atoms with Crippen LogP contribution in [-0.2, 0) is 13.1 Å². The highest BCUT2D eigenvalue weighted by molar-refractivity contribution is 5.86. The van der Waals surface area contributed by atoms with E-state index in [0.717, 1.165) is 61.7 Å². The van der Waals surface area contributed by atoms with E-state index in [4.69, 9.17) is 9.97 Å². The van der Waals surface area contributed by atoms with Gasteiger partial charge >= 0.3 is 5.95 Å². The van der Waals surface area contributed by atoms with Gasteiger partial charge in [0.25, 0.3) is 0 Å². The van der Waals surface area contributed by atoms with E-state index in [9.17, 15) is 0 Å². The zero-order valence-corrected chi connectivity index (χ0v) is 19.5. The minimum atomic E-state index is 0. The quantitative estimate of drug-likeness (QED) is 0.404. The largest absolute Gasteiger partial charge is 1.00 e. The molecule has 0 radical (unpaired) electrons. The Labute approximate surface area is 201 Å². The van der Waals surface area contributed by atoms with Crippen LogP contribution in [0, 0.1) is 0 Å². The van der Waals surface area contributed by atoms with Gasteiger partial charge in [-0.3, -0.25) is 15.5 Å². The lowest BCUT2D eigenvalue weighted by molar-refractivity contribution is -0.624. The fourth-order valence-corrected chi connectivity index (χ4v) is 4.51. The first kappa shape index (κ1) is 23.3. The fourth-order valence-electron chi connectivity index (χ4n) is 4.51. The number of fused-ring (bicyclic) bond motifs is 1. The van der Waals surface area contributed by atoms with E-state index in [1.165, 1.54) is 11.1 Å². The van der Waals surface area contributed by atoms with Crippen LogP contribution in [0.4, 0.5) is 11.8 Å². The van der Waals surface area contributed by atoms with Crippen LogP contribution in [0.2, 0.25) is 0 Å². The van der Waals surface area contributed by atoms with Crippen molar-refractivity contribution in [3.63, 3.8) is 0 Å². The van der Waals surface area contributed by atoms with Gasteiger partial charge in [0.2, 0.25) is 5.82 Å². The molecule has 0 amide bonds. The smallest absolute Gasteiger partial charge is 0.331 e. The van der Waals surface area contributed by atoms with Gasteiger partial charge in [-0.15, -0.1) is 4.98 Å². The zero-order valence-electron chi connectivity index (χ0n) is 18.8. The number of likely N-dealkylation sites (tertiary alicyclic amines) is 1. The second-order valence-electron chi connectivity index (χ2n) is 8.64. The Kier molecular flexibility index (Phi) is 8.02. The van der Waals surface area contributed by atoms with Gasteiger partial charge < -0.3 is 12.4 Å². The maximum absolute atomic E-state index is 4.96. The highest BCUT2D eigenvalue weighted by Crippen LogP contribution is 2.18. The minimum Gasteiger partial charge on any atom is -1.00 e. The van der Waals surface area contributed by atoms with Crippen LogP contribution in [0.25, 0.3) is 10.9 Å². The average Bonchev–Trinajstić information content (AvgIpc) is 2.85. The number of quaternary nitrogens is 2. The van der Waals surface area contributed by atoms with Crippen molar-refractivity contribution >= 4 is 22.7 Å².